The fourth-order valence-electron chi connectivity index (χ4n) is 1.95. The lowest BCUT2D eigenvalue weighted by atomic mass is 10.2. The van der Waals surface area contributed by atoms with Crippen LogP contribution in [0.25, 0.3) is 6.08 Å². The second-order valence-electron chi connectivity index (χ2n) is 4.54. The number of aliphatic imine (C=N–C) groups is 1. The van der Waals surface area contributed by atoms with Gasteiger partial charge >= 0.3 is 5.97 Å². The van der Waals surface area contributed by atoms with Crippen LogP contribution in [0.15, 0.2) is 46.4 Å². The van der Waals surface area contributed by atoms with Crippen molar-refractivity contribution in [1.82, 2.24) is 0 Å². The van der Waals surface area contributed by atoms with Crippen molar-refractivity contribution in [2.45, 2.75) is 6.92 Å². The molecule has 0 bridgehead atoms. The number of nitrogens with zero attached hydrogens (tertiary/aromatic N) is 1. The van der Waals surface area contributed by atoms with Crippen LogP contribution in [0.1, 0.15) is 16.0 Å². The Bertz CT molecular complexity index is 758. The zero-order chi connectivity index (χ0) is 14.8. The molecule has 0 fully saturated rings. The van der Waals surface area contributed by atoms with Gasteiger partial charge in [-0.05, 0) is 48.2 Å². The normalized spacial score (nSPS) is 16.0. The summed E-state index contributed by atoms with van der Waals surface area (Å²) < 4.78 is 10.4. The first kappa shape index (κ1) is 13.6. The average molecular weight is 299 g/mol. The second kappa shape index (κ2) is 5.54. The van der Waals surface area contributed by atoms with E-state index >= 15 is 0 Å². The first-order chi connectivity index (χ1) is 10.2. The van der Waals surface area contributed by atoms with E-state index in [0.29, 0.717) is 22.9 Å². The highest BCUT2D eigenvalue weighted by molar-refractivity contribution is 7.11. The van der Waals surface area contributed by atoms with Crippen LogP contribution in [0.5, 0.6) is 5.75 Å². The van der Waals surface area contributed by atoms with Crippen molar-refractivity contribution in [1.29, 1.82) is 0 Å². The third-order valence-electron chi connectivity index (χ3n) is 3.11. The van der Waals surface area contributed by atoms with Crippen LogP contribution in [0.2, 0.25) is 0 Å². The molecule has 0 spiro atoms. The Hall–Kier alpha value is -2.40. The molecule has 0 saturated heterocycles. The van der Waals surface area contributed by atoms with Crippen LogP contribution in [0.4, 0.5) is 0 Å². The van der Waals surface area contributed by atoms with E-state index in [-0.39, 0.29) is 0 Å². The number of esters is 1. The van der Waals surface area contributed by atoms with Gasteiger partial charge in [0.15, 0.2) is 5.70 Å². The Balaban J connectivity index is 1.95. The fourth-order valence-corrected chi connectivity index (χ4v) is 2.80. The van der Waals surface area contributed by atoms with E-state index in [0.717, 1.165) is 10.4 Å². The Morgan fingerprint density at radius 1 is 1.33 bits per heavy atom. The van der Waals surface area contributed by atoms with Gasteiger partial charge in [0, 0.05) is 10.4 Å². The molecule has 0 aliphatic carbocycles. The Kier molecular flexibility index (Phi) is 3.58. The number of methoxy groups -OCH3 is 1. The number of benzene rings is 1. The van der Waals surface area contributed by atoms with Gasteiger partial charge < -0.3 is 9.47 Å². The van der Waals surface area contributed by atoms with Gasteiger partial charge in [-0.1, -0.05) is 6.07 Å². The number of hydrogen-bond donors (Lipinski definition) is 0. The minimum Gasteiger partial charge on any atom is -0.497 e. The molecule has 0 unspecified atom stereocenters. The number of hydrogen-bond acceptors (Lipinski definition) is 5. The molecule has 4 nitrogen and oxygen atoms in total. The van der Waals surface area contributed by atoms with E-state index in [2.05, 4.69) is 4.99 Å². The molecule has 0 radical (unpaired) electrons. The first-order valence-corrected chi connectivity index (χ1v) is 7.26. The smallest absolute Gasteiger partial charge is 0.363 e. The molecular formula is C16H13NO3S. The molecule has 106 valence electrons. The topological polar surface area (TPSA) is 47.9 Å². The predicted molar refractivity (Wildman–Crippen MR) is 82.7 cm³/mol. The molecule has 3 rings (SSSR count). The molecule has 5 heteroatoms. The predicted octanol–water partition coefficient (Wildman–Crippen LogP) is 3.41. The van der Waals surface area contributed by atoms with Crippen LogP contribution in [-0.2, 0) is 9.53 Å². The molecule has 2 heterocycles. The highest BCUT2D eigenvalue weighted by atomic mass is 32.1. The first-order valence-electron chi connectivity index (χ1n) is 6.38. The zero-order valence-electron chi connectivity index (χ0n) is 11.6. The molecule has 0 N–H and O–H groups in total. The van der Waals surface area contributed by atoms with Gasteiger partial charge in [0.05, 0.1) is 7.11 Å². The summed E-state index contributed by atoms with van der Waals surface area (Å²) in [6.07, 6.45) is 1.76. The largest absolute Gasteiger partial charge is 0.497 e. The van der Waals surface area contributed by atoms with E-state index < -0.39 is 5.97 Å². The van der Waals surface area contributed by atoms with E-state index in [9.17, 15) is 4.79 Å². The van der Waals surface area contributed by atoms with E-state index in [1.807, 2.05) is 36.6 Å². The molecule has 0 atom stereocenters. The quantitative estimate of drug-likeness (QED) is 0.644. The summed E-state index contributed by atoms with van der Waals surface area (Å²) in [5.41, 5.74) is 2.15. The third-order valence-corrected chi connectivity index (χ3v) is 4.07. The summed E-state index contributed by atoms with van der Waals surface area (Å²) >= 11 is 1.57. The SMILES string of the molecule is COc1cccc(C2=N/C(=C\c3sccc3C)C(=O)O2)c1. The average Bonchev–Trinajstić information content (AvgIpc) is 3.07. The van der Waals surface area contributed by atoms with Gasteiger partial charge in [0.2, 0.25) is 5.90 Å². The molecule has 0 amide bonds. The summed E-state index contributed by atoms with van der Waals surface area (Å²) in [6, 6.07) is 9.27. The number of aryl methyl sites for hydroxylation is 1. The summed E-state index contributed by atoms with van der Waals surface area (Å²) in [7, 11) is 1.59. The maximum absolute atomic E-state index is 11.9. The third kappa shape index (κ3) is 2.73. The molecule has 1 aliphatic rings. The van der Waals surface area contributed by atoms with Gasteiger partial charge in [-0.15, -0.1) is 11.3 Å². The minimum atomic E-state index is -0.430. The lowest BCUT2D eigenvalue weighted by Crippen LogP contribution is -2.05. The van der Waals surface area contributed by atoms with Crippen LogP contribution in [0, 0.1) is 6.92 Å². The second-order valence-corrected chi connectivity index (χ2v) is 5.48. The van der Waals surface area contributed by atoms with Crippen molar-refractivity contribution in [3.8, 4) is 5.75 Å². The molecule has 2 aromatic rings. The zero-order valence-corrected chi connectivity index (χ0v) is 12.4. The van der Waals surface area contributed by atoms with E-state index in [1.165, 1.54) is 0 Å². The van der Waals surface area contributed by atoms with Crippen LogP contribution in [0.3, 0.4) is 0 Å². The number of rotatable bonds is 3. The summed E-state index contributed by atoms with van der Waals surface area (Å²) in [4.78, 5) is 17.2. The number of cyclic esters (lactones) is 1. The molecule has 1 aromatic heterocycles. The molecule has 1 aliphatic heterocycles. The molecular weight excluding hydrogens is 286 g/mol. The van der Waals surface area contributed by atoms with Crippen molar-refractivity contribution < 1.29 is 14.3 Å². The highest BCUT2D eigenvalue weighted by Crippen LogP contribution is 2.24. The summed E-state index contributed by atoms with van der Waals surface area (Å²) in [6.45, 7) is 2.00. The lowest BCUT2D eigenvalue weighted by Gasteiger charge is -2.02. The number of carbonyl (C=O) groups excluding carboxylic acids is 1. The maximum Gasteiger partial charge on any atom is 0.363 e. The highest BCUT2D eigenvalue weighted by Gasteiger charge is 2.24. The van der Waals surface area contributed by atoms with Crippen molar-refractivity contribution in [3.05, 3.63) is 57.4 Å². The van der Waals surface area contributed by atoms with Crippen LogP contribution < -0.4 is 4.74 Å². The van der Waals surface area contributed by atoms with Gasteiger partial charge in [0.25, 0.3) is 0 Å². The van der Waals surface area contributed by atoms with Crippen molar-refractivity contribution in [2.24, 2.45) is 4.99 Å². The van der Waals surface area contributed by atoms with E-state index in [4.69, 9.17) is 9.47 Å². The fraction of sp³-hybridized carbons (Fsp3) is 0.125. The summed E-state index contributed by atoms with van der Waals surface area (Å²) in [5, 5.41) is 1.98. The van der Waals surface area contributed by atoms with Crippen molar-refractivity contribution >= 4 is 29.3 Å². The Morgan fingerprint density at radius 3 is 2.90 bits per heavy atom. The van der Waals surface area contributed by atoms with Gasteiger partial charge in [0.1, 0.15) is 5.75 Å². The van der Waals surface area contributed by atoms with Crippen molar-refractivity contribution in [2.75, 3.05) is 7.11 Å². The van der Waals surface area contributed by atoms with Crippen LogP contribution in [-0.4, -0.2) is 19.0 Å². The van der Waals surface area contributed by atoms with E-state index in [1.54, 1.807) is 30.6 Å². The van der Waals surface area contributed by atoms with Gasteiger partial charge in [-0.25, -0.2) is 9.79 Å². The van der Waals surface area contributed by atoms with Gasteiger partial charge in [-0.3, -0.25) is 0 Å². The van der Waals surface area contributed by atoms with Crippen LogP contribution >= 0.6 is 11.3 Å². The molecule has 21 heavy (non-hydrogen) atoms. The maximum atomic E-state index is 11.9. The standard InChI is InChI=1S/C16H13NO3S/c1-10-6-7-21-14(10)9-13-16(18)20-15(17-13)11-4-3-5-12(8-11)19-2/h3-9H,1-2H3/b13-9-. The Labute approximate surface area is 126 Å². The van der Waals surface area contributed by atoms with Crippen molar-refractivity contribution in [3.63, 3.8) is 0 Å². The Morgan fingerprint density at radius 2 is 2.19 bits per heavy atom. The molecule has 1 aromatic carbocycles. The number of carbonyl (C=O) groups is 1. The lowest BCUT2D eigenvalue weighted by molar-refractivity contribution is -0.129. The number of thiophene rings is 1. The van der Waals surface area contributed by atoms with Gasteiger partial charge in [-0.2, -0.15) is 0 Å². The number of ether oxygens (including phenoxy) is 2. The molecule has 0 saturated carbocycles. The minimum absolute atomic E-state index is 0.305. The monoisotopic (exact) mass is 299 g/mol. The summed E-state index contributed by atoms with van der Waals surface area (Å²) in [5.74, 6) is 0.567.